The van der Waals surface area contributed by atoms with Crippen LogP contribution >= 0.6 is 0 Å². The number of hydrogen-bond acceptors (Lipinski definition) is 3. The Kier molecular flexibility index (Phi) is 4.87. The van der Waals surface area contributed by atoms with E-state index in [1.807, 2.05) is 37.3 Å². The third-order valence-electron chi connectivity index (χ3n) is 4.03. The molecule has 0 bridgehead atoms. The summed E-state index contributed by atoms with van der Waals surface area (Å²) in [5, 5.41) is 2.79. The lowest BCUT2D eigenvalue weighted by Crippen LogP contribution is -2.29. The number of rotatable bonds is 6. The van der Waals surface area contributed by atoms with Gasteiger partial charge in [0.05, 0.1) is 6.04 Å². The summed E-state index contributed by atoms with van der Waals surface area (Å²) < 4.78 is 40.9. The Morgan fingerprint density at radius 1 is 1.16 bits per heavy atom. The van der Waals surface area contributed by atoms with E-state index in [2.05, 4.69) is 10.0 Å². The van der Waals surface area contributed by atoms with Gasteiger partial charge >= 0.3 is 0 Å². The minimum atomic E-state index is -3.97. The van der Waals surface area contributed by atoms with Crippen LogP contribution in [-0.2, 0) is 10.0 Å². The van der Waals surface area contributed by atoms with Crippen LogP contribution in [-0.4, -0.2) is 20.4 Å². The highest BCUT2D eigenvalue weighted by molar-refractivity contribution is 7.89. The van der Waals surface area contributed by atoms with Crippen molar-refractivity contribution in [1.82, 2.24) is 10.0 Å². The van der Waals surface area contributed by atoms with E-state index in [1.165, 1.54) is 6.07 Å². The molecule has 0 heterocycles. The Hall–Kier alpha value is -2.25. The molecular weight excluding hydrogens is 343 g/mol. The lowest BCUT2D eigenvalue weighted by molar-refractivity contribution is 0.0939. The van der Waals surface area contributed by atoms with Gasteiger partial charge in [0.25, 0.3) is 5.91 Å². The Bertz CT molecular complexity index is 880. The fraction of sp³-hybridized carbons (Fsp3) is 0.278. The Morgan fingerprint density at radius 3 is 2.48 bits per heavy atom. The van der Waals surface area contributed by atoms with Gasteiger partial charge in [0.15, 0.2) is 0 Å². The van der Waals surface area contributed by atoms with Crippen LogP contribution in [0.2, 0.25) is 0 Å². The molecule has 1 saturated carbocycles. The molecule has 2 aromatic carbocycles. The minimum Gasteiger partial charge on any atom is -0.346 e. The number of hydrogen-bond donors (Lipinski definition) is 2. The average Bonchev–Trinajstić information content (AvgIpc) is 3.39. The van der Waals surface area contributed by atoms with Crippen molar-refractivity contribution in [2.75, 3.05) is 0 Å². The van der Waals surface area contributed by atoms with E-state index in [0.717, 1.165) is 30.5 Å². The first-order valence-electron chi connectivity index (χ1n) is 8.04. The molecule has 2 N–H and O–H groups in total. The molecule has 1 amide bonds. The van der Waals surface area contributed by atoms with Gasteiger partial charge in [0.1, 0.15) is 10.7 Å². The van der Waals surface area contributed by atoms with Crippen molar-refractivity contribution in [3.63, 3.8) is 0 Å². The lowest BCUT2D eigenvalue weighted by atomic mass is 10.1. The summed E-state index contributed by atoms with van der Waals surface area (Å²) in [4.78, 5) is 11.9. The molecule has 5 nitrogen and oxygen atoms in total. The van der Waals surface area contributed by atoms with Gasteiger partial charge in [-0.3, -0.25) is 4.79 Å². The molecule has 0 spiro atoms. The first-order chi connectivity index (χ1) is 11.9. The van der Waals surface area contributed by atoms with Crippen LogP contribution in [0.4, 0.5) is 4.39 Å². The topological polar surface area (TPSA) is 75.3 Å². The van der Waals surface area contributed by atoms with E-state index in [4.69, 9.17) is 0 Å². The van der Waals surface area contributed by atoms with E-state index in [9.17, 15) is 17.6 Å². The fourth-order valence-corrected chi connectivity index (χ4v) is 3.85. The summed E-state index contributed by atoms with van der Waals surface area (Å²) in [6, 6.07) is 12.3. The maximum atomic E-state index is 14.0. The molecule has 0 saturated heterocycles. The van der Waals surface area contributed by atoms with Crippen LogP contribution in [0.15, 0.2) is 53.4 Å². The van der Waals surface area contributed by atoms with Crippen molar-refractivity contribution >= 4 is 15.9 Å². The molecule has 1 atom stereocenters. The second-order valence-corrected chi connectivity index (χ2v) is 7.83. The number of benzene rings is 2. The molecule has 0 radical (unpaired) electrons. The summed E-state index contributed by atoms with van der Waals surface area (Å²) in [6.45, 7) is 1.82. The average molecular weight is 362 g/mol. The molecule has 132 valence electrons. The Balaban J connectivity index is 1.80. The number of amides is 1. The van der Waals surface area contributed by atoms with Crippen molar-refractivity contribution in [2.24, 2.45) is 0 Å². The van der Waals surface area contributed by atoms with Gasteiger partial charge in [-0.25, -0.2) is 17.5 Å². The molecule has 1 aliphatic rings. The van der Waals surface area contributed by atoms with Gasteiger partial charge in [-0.05, 0) is 43.5 Å². The molecule has 7 heteroatoms. The van der Waals surface area contributed by atoms with Gasteiger partial charge in [0, 0.05) is 11.6 Å². The molecule has 25 heavy (non-hydrogen) atoms. The summed E-state index contributed by atoms with van der Waals surface area (Å²) >= 11 is 0. The number of sulfonamides is 1. The van der Waals surface area contributed by atoms with Gasteiger partial charge < -0.3 is 5.32 Å². The first kappa shape index (κ1) is 17.6. The largest absolute Gasteiger partial charge is 0.346 e. The molecular formula is C18H19FN2O3S. The predicted molar refractivity (Wildman–Crippen MR) is 92.1 cm³/mol. The van der Waals surface area contributed by atoms with Crippen LogP contribution < -0.4 is 10.0 Å². The van der Waals surface area contributed by atoms with Crippen LogP contribution in [0.3, 0.4) is 0 Å². The third-order valence-corrected chi connectivity index (χ3v) is 5.56. The molecule has 0 aliphatic heterocycles. The van der Waals surface area contributed by atoms with Crippen LogP contribution in [0.1, 0.15) is 41.7 Å². The summed E-state index contributed by atoms with van der Waals surface area (Å²) in [7, 11) is -3.97. The van der Waals surface area contributed by atoms with Crippen molar-refractivity contribution in [3.8, 4) is 0 Å². The maximum absolute atomic E-state index is 14.0. The predicted octanol–water partition coefficient (Wildman–Crippen LogP) is 2.76. The zero-order chi connectivity index (χ0) is 18.0. The normalized spacial score (nSPS) is 15.6. The zero-order valence-electron chi connectivity index (χ0n) is 13.7. The number of carbonyl (C=O) groups excluding carboxylic acids is 1. The number of nitrogens with one attached hydrogen (secondary N) is 2. The van der Waals surface area contributed by atoms with E-state index < -0.39 is 26.6 Å². The van der Waals surface area contributed by atoms with Crippen molar-refractivity contribution in [1.29, 1.82) is 0 Å². The third kappa shape index (κ3) is 4.24. The molecule has 3 rings (SSSR count). The summed E-state index contributed by atoms with van der Waals surface area (Å²) in [6.07, 6.45) is 1.49. The van der Waals surface area contributed by atoms with Crippen LogP contribution in [0.5, 0.6) is 0 Å². The molecule has 1 fully saturated rings. The highest BCUT2D eigenvalue weighted by atomic mass is 32.2. The minimum absolute atomic E-state index is 0.0975. The van der Waals surface area contributed by atoms with Gasteiger partial charge in [-0.15, -0.1) is 0 Å². The molecule has 1 unspecified atom stereocenters. The van der Waals surface area contributed by atoms with Crippen LogP contribution in [0, 0.1) is 5.82 Å². The first-order valence-corrected chi connectivity index (χ1v) is 9.53. The van der Waals surface area contributed by atoms with Gasteiger partial charge in [-0.1, -0.05) is 30.3 Å². The quantitative estimate of drug-likeness (QED) is 0.830. The highest BCUT2D eigenvalue weighted by Crippen LogP contribution is 2.24. The van der Waals surface area contributed by atoms with E-state index in [1.54, 1.807) is 0 Å². The van der Waals surface area contributed by atoms with Crippen molar-refractivity contribution in [3.05, 3.63) is 65.5 Å². The lowest BCUT2D eigenvalue weighted by Gasteiger charge is -2.15. The van der Waals surface area contributed by atoms with E-state index in [0.29, 0.717) is 0 Å². The number of carbonyl (C=O) groups is 1. The summed E-state index contributed by atoms with van der Waals surface area (Å²) in [5.74, 6) is -1.33. The molecule has 1 aliphatic carbocycles. The maximum Gasteiger partial charge on any atom is 0.251 e. The standard InChI is InChI=1S/C18H19FN2O3S/c1-12(13-5-3-2-4-6-13)20-18(22)14-7-10-16(19)17(11-14)25(23,24)21-15-8-9-15/h2-7,10-12,15,21H,8-9H2,1H3,(H,20,22). The Labute approximate surface area is 146 Å². The molecule has 0 aromatic heterocycles. The summed E-state index contributed by atoms with van der Waals surface area (Å²) in [5.41, 5.74) is 1.02. The SMILES string of the molecule is CC(NC(=O)c1ccc(F)c(S(=O)(=O)NC2CC2)c1)c1ccccc1. The van der Waals surface area contributed by atoms with Gasteiger partial charge in [0.2, 0.25) is 10.0 Å². The molecule has 2 aromatic rings. The second-order valence-electron chi connectivity index (χ2n) is 6.15. The van der Waals surface area contributed by atoms with Crippen molar-refractivity contribution in [2.45, 2.75) is 36.7 Å². The smallest absolute Gasteiger partial charge is 0.251 e. The van der Waals surface area contributed by atoms with Crippen molar-refractivity contribution < 1.29 is 17.6 Å². The van der Waals surface area contributed by atoms with E-state index >= 15 is 0 Å². The zero-order valence-corrected chi connectivity index (χ0v) is 14.5. The van der Waals surface area contributed by atoms with E-state index in [-0.39, 0.29) is 17.6 Å². The number of halogens is 1. The highest BCUT2D eigenvalue weighted by Gasteiger charge is 2.30. The van der Waals surface area contributed by atoms with Crippen LogP contribution in [0.25, 0.3) is 0 Å². The monoisotopic (exact) mass is 362 g/mol. The fourth-order valence-electron chi connectivity index (χ4n) is 2.44. The van der Waals surface area contributed by atoms with Gasteiger partial charge in [-0.2, -0.15) is 0 Å². The second kappa shape index (κ2) is 6.93. The Morgan fingerprint density at radius 2 is 1.84 bits per heavy atom.